The van der Waals surface area contributed by atoms with Gasteiger partial charge in [-0.05, 0) is 41.4 Å². The number of benzene rings is 2. The minimum atomic E-state index is -2.38. The molecular formula is C40H61N11O9Si. The molecule has 4 rings (SSSR count). The monoisotopic (exact) mass is 867 g/mol. The lowest BCUT2D eigenvalue weighted by Crippen LogP contribution is -2.67. The van der Waals surface area contributed by atoms with Gasteiger partial charge in [0, 0.05) is 12.3 Å². The number of hydrogen-bond acceptors (Lipinski definition) is 16. The molecule has 15 N–H and O–H groups in total. The quantitative estimate of drug-likeness (QED) is 0.0485. The number of aromatic hydroxyl groups is 1. The van der Waals surface area contributed by atoms with Crippen LogP contribution in [-0.2, 0) is 34.8 Å². The number of aliphatic hydroxyl groups is 2. The average molecular weight is 868 g/mol. The molecule has 21 heteroatoms. The molecule has 2 heterocycles. The van der Waals surface area contributed by atoms with E-state index in [9.17, 15) is 39.3 Å². The summed E-state index contributed by atoms with van der Waals surface area (Å²) in [5.41, 5.74) is 19.3. The highest BCUT2D eigenvalue weighted by atomic mass is 28.4. The number of carbonyl (C=O) groups is 5. The summed E-state index contributed by atoms with van der Waals surface area (Å²) in [4.78, 5) is 76.6. The van der Waals surface area contributed by atoms with Crippen LogP contribution in [0.25, 0.3) is 0 Å². The zero-order chi connectivity index (χ0) is 45.2. The van der Waals surface area contributed by atoms with Crippen molar-refractivity contribution < 1.29 is 43.7 Å². The van der Waals surface area contributed by atoms with Gasteiger partial charge in [-0.1, -0.05) is 70.2 Å². The molecule has 0 saturated heterocycles. The number of phenols is 1. The van der Waals surface area contributed by atoms with Gasteiger partial charge in [0.25, 0.3) is 0 Å². The molecule has 2 aliphatic rings. The number of nitrogens with zero attached hydrogens (tertiary/aromatic N) is 2. The summed E-state index contributed by atoms with van der Waals surface area (Å²) in [6, 6.07) is 5.58. The minimum Gasteiger partial charge on any atom is -0.508 e. The van der Waals surface area contributed by atoms with Crippen molar-refractivity contribution in [2.24, 2.45) is 27.2 Å². The number of nitrogens with two attached hydrogens (primary N) is 3. The van der Waals surface area contributed by atoms with Crippen molar-refractivity contribution in [3.63, 3.8) is 0 Å². The van der Waals surface area contributed by atoms with Gasteiger partial charge < -0.3 is 73.6 Å². The van der Waals surface area contributed by atoms with Crippen molar-refractivity contribution in [2.45, 2.75) is 113 Å². The first-order valence-corrected chi connectivity index (χ1v) is 22.9. The van der Waals surface area contributed by atoms with E-state index in [2.05, 4.69) is 41.9 Å². The molecule has 334 valence electrons. The lowest BCUT2D eigenvalue weighted by atomic mass is 9.93. The van der Waals surface area contributed by atoms with Crippen molar-refractivity contribution in [1.82, 2.24) is 31.9 Å². The highest BCUT2D eigenvalue weighted by Gasteiger charge is 2.43. The summed E-state index contributed by atoms with van der Waals surface area (Å²) in [6.45, 7) is 11.4. The van der Waals surface area contributed by atoms with Gasteiger partial charge in [0.2, 0.25) is 23.6 Å². The maximum absolute atomic E-state index is 14.4. The van der Waals surface area contributed by atoms with Gasteiger partial charge in [-0.15, -0.1) is 0 Å². The van der Waals surface area contributed by atoms with E-state index in [0.717, 1.165) is 5.56 Å². The fourth-order valence-electron chi connectivity index (χ4n) is 6.35. The second kappa shape index (κ2) is 20.8. The molecule has 0 aliphatic carbocycles. The van der Waals surface area contributed by atoms with Crippen molar-refractivity contribution in [3.8, 4) is 5.75 Å². The van der Waals surface area contributed by atoms with Crippen molar-refractivity contribution in [2.75, 3.05) is 19.7 Å². The summed E-state index contributed by atoms with van der Waals surface area (Å²) in [6.07, 6.45) is -3.14. The van der Waals surface area contributed by atoms with Gasteiger partial charge in [0.1, 0.15) is 48.4 Å². The van der Waals surface area contributed by atoms with Crippen LogP contribution in [0.15, 0.2) is 64.6 Å². The molecule has 2 aromatic carbocycles. The topological polar surface area (TPSA) is 330 Å². The molecule has 2 aromatic rings. The van der Waals surface area contributed by atoms with E-state index in [1.165, 1.54) is 24.3 Å². The van der Waals surface area contributed by atoms with Gasteiger partial charge >= 0.3 is 0 Å². The van der Waals surface area contributed by atoms with E-state index in [0.29, 0.717) is 11.8 Å². The minimum absolute atomic E-state index is 0.0203. The zero-order valence-electron chi connectivity index (χ0n) is 35.3. The number of rotatable bonds is 20. The van der Waals surface area contributed by atoms with E-state index in [1.807, 2.05) is 52.1 Å². The summed E-state index contributed by atoms with van der Waals surface area (Å²) in [5.74, 6) is -4.32. The molecule has 4 amide bonds. The third-order valence-corrected chi connectivity index (χ3v) is 15.8. The predicted molar refractivity (Wildman–Crippen MR) is 230 cm³/mol. The summed E-state index contributed by atoms with van der Waals surface area (Å²) in [7, 11) is -2.38. The van der Waals surface area contributed by atoms with E-state index in [4.69, 9.17) is 21.6 Å². The number of aldehydes is 1. The maximum atomic E-state index is 14.4. The standard InChI is InChI=1S/C40H61N11O9Si/c1-21(23-10-8-7-9-11-23)29(41)35(57)47-26(16-22-12-14-25(53)15-13-22)34(56)50-31(33(55)28-18-45-39(43)49-28)37(59)51-30(32(54)27-17-44-38(42)48-27)36(58)46-24(19-52)20-60-61(5,6)40(2,3)4/h7-15,19,21,24,26-33,53-55H,16-18,20,41H2,1-6H3,(H,46,58)(H,47,57)(H,50,56)(H,51,59)(H3,42,44,48)(H3,43,45,49)/t21?,24-,26+,27?,28?,29+,30+,31+,32?,33?/m1/s1. The number of hydrogen-bond donors (Lipinski definition) is 12. The first-order chi connectivity index (χ1) is 28.6. The van der Waals surface area contributed by atoms with E-state index < -0.39 is 92.4 Å². The van der Waals surface area contributed by atoms with E-state index in [-0.39, 0.29) is 48.8 Å². The highest BCUT2D eigenvalue weighted by Crippen LogP contribution is 2.36. The van der Waals surface area contributed by atoms with Crippen molar-refractivity contribution in [3.05, 3.63) is 65.7 Å². The molecule has 0 bridgehead atoms. The molecule has 0 saturated carbocycles. The first kappa shape index (κ1) is 48.1. The number of phenolic OH excluding ortho intramolecular Hbond substituents is 1. The number of guanidine groups is 2. The lowest BCUT2D eigenvalue weighted by molar-refractivity contribution is -0.138. The van der Waals surface area contributed by atoms with E-state index >= 15 is 0 Å². The van der Waals surface area contributed by atoms with Crippen molar-refractivity contribution in [1.29, 1.82) is 0 Å². The van der Waals surface area contributed by atoms with Crippen LogP contribution >= 0.6 is 0 Å². The van der Waals surface area contributed by atoms with Crippen LogP contribution in [0, 0.1) is 0 Å². The lowest BCUT2D eigenvalue weighted by Gasteiger charge is -2.37. The Morgan fingerprint density at radius 2 is 1.34 bits per heavy atom. The van der Waals surface area contributed by atoms with Crippen LogP contribution in [0.2, 0.25) is 18.1 Å². The van der Waals surface area contributed by atoms with Crippen LogP contribution in [0.3, 0.4) is 0 Å². The van der Waals surface area contributed by atoms with Crippen LogP contribution in [0.4, 0.5) is 0 Å². The van der Waals surface area contributed by atoms with Crippen LogP contribution in [0.1, 0.15) is 44.7 Å². The predicted octanol–water partition coefficient (Wildman–Crippen LogP) is -2.48. The number of aliphatic imine (C=N–C) groups is 2. The van der Waals surface area contributed by atoms with Gasteiger partial charge in [-0.2, -0.15) is 0 Å². The first-order valence-electron chi connectivity index (χ1n) is 20.0. The molecular weight excluding hydrogens is 807 g/mol. The SMILES string of the molecule is CC(c1ccccc1)[C@H](N)C(=O)N[C@@H](Cc1ccc(O)cc1)C(=O)N[C@H](C(=O)N[C@H](C(=O)N[C@H](C=O)CO[Si](C)(C)C(C)(C)C)C(O)C1CN=C(N)N1)C(O)C1CN=C(N)N1. The Hall–Kier alpha value is -5.61. The molecule has 61 heavy (non-hydrogen) atoms. The van der Waals surface area contributed by atoms with Gasteiger partial charge in [0.05, 0.1) is 37.8 Å². The second-order valence-corrected chi connectivity index (χ2v) is 21.7. The Morgan fingerprint density at radius 1 is 0.836 bits per heavy atom. The number of aliphatic hydroxyl groups excluding tert-OH is 2. The summed E-state index contributed by atoms with van der Waals surface area (Å²) >= 11 is 0. The normalized spacial score (nSPS) is 20.4. The molecule has 10 atom stereocenters. The third kappa shape index (κ3) is 12.9. The van der Waals surface area contributed by atoms with Crippen LogP contribution in [-0.4, -0.2) is 140 Å². The third-order valence-electron chi connectivity index (χ3n) is 11.3. The summed E-state index contributed by atoms with van der Waals surface area (Å²) < 4.78 is 6.15. The molecule has 2 aliphatic heterocycles. The molecule has 0 fully saturated rings. The maximum Gasteiger partial charge on any atom is 0.246 e. The van der Waals surface area contributed by atoms with Crippen LogP contribution in [0.5, 0.6) is 5.75 Å². The number of amides is 4. The molecule has 0 radical (unpaired) electrons. The second-order valence-electron chi connectivity index (χ2n) is 16.9. The van der Waals surface area contributed by atoms with Gasteiger partial charge in [0.15, 0.2) is 20.2 Å². The van der Waals surface area contributed by atoms with Gasteiger partial charge in [-0.3, -0.25) is 29.2 Å². The fourth-order valence-corrected chi connectivity index (χ4v) is 7.38. The smallest absolute Gasteiger partial charge is 0.246 e. The van der Waals surface area contributed by atoms with Crippen LogP contribution < -0.4 is 49.1 Å². The highest BCUT2D eigenvalue weighted by molar-refractivity contribution is 6.74. The Bertz CT molecular complexity index is 1910. The molecule has 0 aromatic heterocycles. The Kier molecular flexibility index (Phi) is 16.4. The Morgan fingerprint density at radius 3 is 1.82 bits per heavy atom. The molecule has 20 nitrogen and oxygen atoms in total. The van der Waals surface area contributed by atoms with Gasteiger partial charge in [-0.25, -0.2) is 0 Å². The Balaban J connectivity index is 1.64. The molecule has 0 spiro atoms. The number of carbonyl (C=O) groups excluding carboxylic acids is 5. The average Bonchev–Trinajstić information content (AvgIpc) is 3.87. The molecule has 5 unspecified atom stereocenters. The van der Waals surface area contributed by atoms with E-state index in [1.54, 1.807) is 19.1 Å². The zero-order valence-corrected chi connectivity index (χ0v) is 36.3. The Labute approximate surface area is 356 Å². The number of nitrogens with one attached hydrogen (secondary N) is 6. The largest absolute Gasteiger partial charge is 0.508 e. The van der Waals surface area contributed by atoms with Crippen molar-refractivity contribution >= 4 is 50.2 Å². The summed E-state index contributed by atoms with van der Waals surface area (Å²) in [5, 5.41) is 48.6. The fraction of sp³-hybridized carbons (Fsp3) is 0.525.